The molecule has 0 bridgehead atoms. The zero-order valence-corrected chi connectivity index (χ0v) is 14.3. The molecule has 1 aliphatic heterocycles. The monoisotopic (exact) mass is 342 g/mol. The van der Waals surface area contributed by atoms with Gasteiger partial charge in [0.2, 0.25) is 10.0 Å². The van der Waals surface area contributed by atoms with E-state index in [2.05, 4.69) is 14.8 Å². The van der Waals surface area contributed by atoms with E-state index in [1.807, 2.05) is 6.92 Å². The Hall–Kier alpha value is -1.64. The Morgan fingerprint density at radius 2 is 2.09 bits per heavy atom. The van der Waals surface area contributed by atoms with Gasteiger partial charge in [0.25, 0.3) is 0 Å². The summed E-state index contributed by atoms with van der Waals surface area (Å²) >= 11 is 0. The highest BCUT2D eigenvalue weighted by molar-refractivity contribution is 7.89. The molecular formula is C15H22N2O5S. The van der Waals surface area contributed by atoms with Gasteiger partial charge in [-0.1, -0.05) is 6.92 Å². The van der Waals surface area contributed by atoms with E-state index in [4.69, 9.17) is 4.74 Å². The van der Waals surface area contributed by atoms with Crippen molar-refractivity contribution in [3.8, 4) is 5.75 Å². The lowest BCUT2D eigenvalue weighted by atomic mass is 9.97. The molecule has 8 heteroatoms. The maximum atomic E-state index is 12.6. The molecule has 2 atom stereocenters. The number of benzene rings is 1. The Bertz CT molecular complexity index is 674. The molecule has 1 saturated heterocycles. The minimum absolute atomic E-state index is 0.0627. The third-order valence-electron chi connectivity index (χ3n) is 3.98. The van der Waals surface area contributed by atoms with Crippen LogP contribution < -0.4 is 14.8 Å². The molecule has 2 rings (SSSR count). The molecule has 0 aromatic heterocycles. The maximum Gasteiger partial charge on any atom is 0.341 e. The number of esters is 1. The van der Waals surface area contributed by atoms with E-state index in [0.717, 1.165) is 19.5 Å². The SMILES string of the molecule is COC(=O)c1ccc(S(=O)(=O)NC2CCNCC2C)cc1OC. The largest absolute Gasteiger partial charge is 0.496 e. The molecule has 1 heterocycles. The van der Waals surface area contributed by atoms with E-state index < -0.39 is 16.0 Å². The van der Waals surface area contributed by atoms with Crippen molar-refractivity contribution in [3.63, 3.8) is 0 Å². The summed E-state index contributed by atoms with van der Waals surface area (Å²) in [7, 11) is -1.05. The standard InChI is InChI=1S/C15H22N2O5S/c1-10-9-16-7-6-13(10)17-23(19,20)11-4-5-12(15(18)22-3)14(8-11)21-2/h4-5,8,10,13,16-17H,6-7,9H2,1-3H3. The normalized spacial score (nSPS) is 21.7. The number of ether oxygens (including phenoxy) is 2. The summed E-state index contributed by atoms with van der Waals surface area (Å²) in [6, 6.07) is 3.99. The number of hydrogen-bond donors (Lipinski definition) is 2. The lowest BCUT2D eigenvalue weighted by Gasteiger charge is -2.30. The molecule has 0 amide bonds. The van der Waals surface area contributed by atoms with Gasteiger partial charge in [0.05, 0.1) is 19.1 Å². The van der Waals surface area contributed by atoms with Crippen LogP contribution in [0.2, 0.25) is 0 Å². The number of carbonyl (C=O) groups excluding carboxylic acids is 1. The molecule has 0 spiro atoms. The van der Waals surface area contributed by atoms with Gasteiger partial charge in [-0.25, -0.2) is 17.9 Å². The van der Waals surface area contributed by atoms with E-state index in [-0.39, 0.29) is 28.2 Å². The van der Waals surface area contributed by atoms with Gasteiger partial charge in [-0.05, 0) is 37.6 Å². The molecule has 0 radical (unpaired) electrons. The second-order valence-corrected chi connectivity index (χ2v) is 7.27. The Labute approximate surface area is 136 Å². The second-order valence-electron chi connectivity index (χ2n) is 5.55. The van der Waals surface area contributed by atoms with Crippen LogP contribution in [-0.2, 0) is 14.8 Å². The fourth-order valence-electron chi connectivity index (χ4n) is 2.57. The second kappa shape index (κ2) is 7.29. The number of methoxy groups -OCH3 is 2. The summed E-state index contributed by atoms with van der Waals surface area (Å²) in [5.41, 5.74) is 0.184. The van der Waals surface area contributed by atoms with Gasteiger partial charge in [0.15, 0.2) is 0 Å². The van der Waals surface area contributed by atoms with Crippen molar-refractivity contribution in [2.75, 3.05) is 27.3 Å². The molecule has 0 aliphatic carbocycles. The van der Waals surface area contributed by atoms with Crippen LogP contribution in [0.3, 0.4) is 0 Å². The summed E-state index contributed by atoms with van der Waals surface area (Å²) in [5, 5.41) is 3.23. The number of carbonyl (C=O) groups is 1. The van der Waals surface area contributed by atoms with Crippen LogP contribution in [0.1, 0.15) is 23.7 Å². The van der Waals surface area contributed by atoms with Crippen molar-refractivity contribution in [3.05, 3.63) is 23.8 Å². The van der Waals surface area contributed by atoms with Gasteiger partial charge in [-0.2, -0.15) is 0 Å². The third-order valence-corrected chi connectivity index (χ3v) is 5.47. The van der Waals surface area contributed by atoms with E-state index >= 15 is 0 Å². The van der Waals surface area contributed by atoms with Crippen molar-refractivity contribution in [2.24, 2.45) is 5.92 Å². The van der Waals surface area contributed by atoms with Crippen LogP contribution in [0, 0.1) is 5.92 Å². The van der Waals surface area contributed by atoms with E-state index in [1.54, 1.807) is 0 Å². The van der Waals surface area contributed by atoms with Crippen molar-refractivity contribution < 1.29 is 22.7 Å². The Morgan fingerprint density at radius 3 is 2.70 bits per heavy atom. The van der Waals surface area contributed by atoms with Crippen molar-refractivity contribution in [2.45, 2.75) is 24.3 Å². The van der Waals surface area contributed by atoms with Crippen LogP contribution in [0.4, 0.5) is 0 Å². The minimum atomic E-state index is -3.68. The predicted octanol–water partition coefficient (Wildman–Crippen LogP) is 0.758. The van der Waals surface area contributed by atoms with Crippen molar-refractivity contribution >= 4 is 16.0 Å². The minimum Gasteiger partial charge on any atom is -0.496 e. The number of hydrogen-bond acceptors (Lipinski definition) is 6. The molecule has 7 nitrogen and oxygen atoms in total. The molecule has 1 aromatic carbocycles. The number of nitrogens with one attached hydrogen (secondary N) is 2. The summed E-state index contributed by atoms with van der Waals surface area (Å²) in [6.45, 7) is 3.56. The zero-order chi connectivity index (χ0) is 17.0. The van der Waals surface area contributed by atoms with E-state index in [9.17, 15) is 13.2 Å². The molecule has 1 aliphatic rings. The smallest absolute Gasteiger partial charge is 0.341 e. The van der Waals surface area contributed by atoms with Crippen molar-refractivity contribution in [1.29, 1.82) is 0 Å². The van der Waals surface area contributed by atoms with Gasteiger partial charge in [0, 0.05) is 12.1 Å². The average molecular weight is 342 g/mol. The summed E-state index contributed by atoms with van der Waals surface area (Å²) < 4.78 is 37.6. The number of sulfonamides is 1. The van der Waals surface area contributed by atoms with Gasteiger partial charge in [-0.3, -0.25) is 0 Å². The molecule has 2 N–H and O–H groups in total. The van der Waals surface area contributed by atoms with Crippen LogP contribution in [0.15, 0.2) is 23.1 Å². The highest BCUT2D eigenvalue weighted by Crippen LogP contribution is 2.24. The fourth-order valence-corrected chi connectivity index (χ4v) is 3.97. The van der Waals surface area contributed by atoms with E-state index in [1.165, 1.54) is 32.4 Å². The highest BCUT2D eigenvalue weighted by Gasteiger charge is 2.27. The third kappa shape index (κ3) is 4.01. The molecular weight excluding hydrogens is 320 g/mol. The van der Waals surface area contributed by atoms with Crippen molar-refractivity contribution in [1.82, 2.24) is 10.0 Å². The predicted molar refractivity (Wildman–Crippen MR) is 85.1 cm³/mol. The van der Waals surface area contributed by atoms with E-state index in [0.29, 0.717) is 0 Å². The first-order chi connectivity index (χ1) is 10.9. The first-order valence-electron chi connectivity index (χ1n) is 7.38. The fraction of sp³-hybridized carbons (Fsp3) is 0.533. The quantitative estimate of drug-likeness (QED) is 0.767. The van der Waals surface area contributed by atoms with Gasteiger partial charge in [0.1, 0.15) is 11.3 Å². The van der Waals surface area contributed by atoms with Gasteiger partial charge >= 0.3 is 5.97 Å². The van der Waals surface area contributed by atoms with Gasteiger partial charge in [-0.15, -0.1) is 0 Å². The molecule has 2 unspecified atom stereocenters. The lowest BCUT2D eigenvalue weighted by molar-refractivity contribution is 0.0597. The molecule has 1 fully saturated rings. The average Bonchev–Trinajstić information content (AvgIpc) is 2.55. The van der Waals surface area contributed by atoms with Crippen LogP contribution in [0.25, 0.3) is 0 Å². The number of piperidine rings is 1. The summed E-state index contributed by atoms with van der Waals surface area (Å²) in [6.07, 6.45) is 0.734. The Balaban J connectivity index is 2.27. The first-order valence-corrected chi connectivity index (χ1v) is 8.86. The molecule has 1 aromatic rings. The Kier molecular flexibility index (Phi) is 5.61. The molecule has 0 saturated carbocycles. The Morgan fingerprint density at radius 1 is 1.35 bits per heavy atom. The van der Waals surface area contributed by atoms with Crippen LogP contribution in [-0.4, -0.2) is 47.7 Å². The number of rotatable bonds is 5. The zero-order valence-electron chi connectivity index (χ0n) is 13.5. The van der Waals surface area contributed by atoms with Gasteiger partial charge < -0.3 is 14.8 Å². The first kappa shape index (κ1) is 17.7. The van der Waals surface area contributed by atoms with Crippen LogP contribution in [0.5, 0.6) is 5.75 Å². The molecule has 23 heavy (non-hydrogen) atoms. The lowest BCUT2D eigenvalue weighted by Crippen LogP contribution is -2.48. The summed E-state index contributed by atoms with van der Waals surface area (Å²) in [4.78, 5) is 11.7. The van der Waals surface area contributed by atoms with Crippen LogP contribution >= 0.6 is 0 Å². The highest BCUT2D eigenvalue weighted by atomic mass is 32.2. The topological polar surface area (TPSA) is 93.7 Å². The molecule has 128 valence electrons. The maximum absolute atomic E-state index is 12.6. The summed E-state index contributed by atoms with van der Waals surface area (Å²) in [5.74, 6) is -0.210.